The summed E-state index contributed by atoms with van der Waals surface area (Å²) in [5.41, 5.74) is 1.18. The lowest BCUT2D eigenvalue weighted by Gasteiger charge is -2.34. The molecular formula is C27H35N5O5S. The molecule has 38 heavy (non-hydrogen) atoms. The Morgan fingerprint density at radius 2 is 1.79 bits per heavy atom. The van der Waals surface area contributed by atoms with E-state index in [0.717, 1.165) is 43.0 Å². The van der Waals surface area contributed by atoms with Gasteiger partial charge in [-0.15, -0.1) is 0 Å². The van der Waals surface area contributed by atoms with Crippen LogP contribution in [0.2, 0.25) is 0 Å². The molecule has 2 saturated heterocycles. The highest BCUT2D eigenvalue weighted by Crippen LogP contribution is 2.36. The van der Waals surface area contributed by atoms with Crippen LogP contribution in [-0.4, -0.2) is 61.6 Å². The number of aliphatic imine (C=N–C) groups is 1. The van der Waals surface area contributed by atoms with Crippen LogP contribution >= 0.6 is 0 Å². The normalized spacial score (nSPS) is 26.2. The first-order valence-corrected chi connectivity index (χ1v) is 14.9. The Labute approximate surface area is 223 Å². The molecule has 4 amide bonds. The summed E-state index contributed by atoms with van der Waals surface area (Å²) in [6.45, 7) is 4.47. The zero-order valence-corrected chi connectivity index (χ0v) is 22.7. The van der Waals surface area contributed by atoms with E-state index in [1.165, 1.54) is 21.0 Å². The quantitative estimate of drug-likeness (QED) is 0.535. The van der Waals surface area contributed by atoms with Gasteiger partial charge in [-0.25, -0.2) is 13.2 Å². The van der Waals surface area contributed by atoms with E-state index in [2.05, 4.69) is 17.6 Å². The smallest absolute Gasteiger partial charge is 0.312 e. The van der Waals surface area contributed by atoms with Gasteiger partial charge in [-0.3, -0.25) is 24.8 Å². The second-order valence-corrected chi connectivity index (χ2v) is 12.7. The van der Waals surface area contributed by atoms with Crippen LogP contribution in [-0.2, 0) is 19.6 Å². The summed E-state index contributed by atoms with van der Waals surface area (Å²) in [4.78, 5) is 42.5. The molecule has 1 spiro atoms. The number of benzene rings is 1. The van der Waals surface area contributed by atoms with Gasteiger partial charge in [0, 0.05) is 30.1 Å². The molecule has 4 aliphatic rings. The van der Waals surface area contributed by atoms with Crippen LogP contribution < -0.4 is 15.5 Å². The molecule has 10 nitrogen and oxygen atoms in total. The Balaban J connectivity index is 1.22. The zero-order chi connectivity index (χ0) is 27.1. The largest absolute Gasteiger partial charge is 0.329 e. The molecule has 0 aromatic heterocycles. The number of nitrogens with one attached hydrogen (secondary N) is 2. The van der Waals surface area contributed by atoms with Crippen molar-refractivity contribution in [3.8, 4) is 0 Å². The fourth-order valence-corrected chi connectivity index (χ4v) is 7.12. The molecule has 1 saturated carbocycles. The van der Waals surface area contributed by atoms with Crippen LogP contribution in [0.3, 0.4) is 0 Å². The van der Waals surface area contributed by atoms with Crippen molar-refractivity contribution in [2.45, 2.75) is 64.3 Å². The predicted octanol–water partition coefficient (Wildman–Crippen LogP) is 2.93. The standard InChI is InChI=1S/C27H35N5O5S/c1-3-19-4-6-21(7-5-19)24-29-25(34)27(30-24)11-13-31(14-12-27)38(36,37)15-10-20-8-9-22(16-18(20)2)32-17-23(33)28-26(32)35/h8-10,15-16,19,21H,3-7,11-14,17H2,1-2H3,(H,28,33,35)(H,29,30,34)/b15-10+. The van der Waals surface area contributed by atoms with E-state index >= 15 is 0 Å². The molecule has 2 N–H and O–H groups in total. The summed E-state index contributed by atoms with van der Waals surface area (Å²) in [7, 11) is -3.69. The molecule has 3 fully saturated rings. The SMILES string of the molecule is CCC1CCC(C2=NC3(CCN(S(=O)(=O)/C=C/c4ccc(N5CC(=O)NC5=O)cc4C)CC3)C(=O)N2)CC1. The molecule has 0 atom stereocenters. The number of hydrogen-bond acceptors (Lipinski definition) is 6. The van der Waals surface area contributed by atoms with Crippen LogP contribution in [0.5, 0.6) is 0 Å². The Hall–Kier alpha value is -3.05. The van der Waals surface area contributed by atoms with Gasteiger partial charge >= 0.3 is 6.03 Å². The second kappa shape index (κ2) is 10.3. The molecule has 204 valence electrons. The highest BCUT2D eigenvalue weighted by Gasteiger charge is 2.48. The number of hydrogen-bond donors (Lipinski definition) is 2. The first-order chi connectivity index (χ1) is 18.1. The van der Waals surface area contributed by atoms with Crippen molar-refractivity contribution >= 4 is 45.5 Å². The predicted molar refractivity (Wildman–Crippen MR) is 145 cm³/mol. The minimum absolute atomic E-state index is 0.0399. The maximum absolute atomic E-state index is 13.1. The number of anilines is 1. The summed E-state index contributed by atoms with van der Waals surface area (Å²) in [5.74, 6) is 1.40. The summed E-state index contributed by atoms with van der Waals surface area (Å²) in [6, 6.07) is 4.69. The Kier molecular flexibility index (Phi) is 7.17. The number of carbonyl (C=O) groups excluding carboxylic acids is 3. The number of aryl methyl sites for hydroxylation is 1. The summed E-state index contributed by atoms with van der Waals surface area (Å²) in [6.07, 6.45) is 7.88. The van der Waals surface area contributed by atoms with Gasteiger partial charge in [0.15, 0.2) is 0 Å². The van der Waals surface area contributed by atoms with Gasteiger partial charge in [-0.2, -0.15) is 4.31 Å². The molecule has 0 unspecified atom stereocenters. The lowest BCUT2D eigenvalue weighted by Crippen LogP contribution is -2.50. The maximum Gasteiger partial charge on any atom is 0.329 e. The number of piperidine rings is 1. The monoisotopic (exact) mass is 541 g/mol. The van der Waals surface area contributed by atoms with E-state index in [1.807, 2.05) is 6.92 Å². The number of imide groups is 1. The highest BCUT2D eigenvalue weighted by atomic mass is 32.2. The van der Waals surface area contributed by atoms with Crippen molar-refractivity contribution < 1.29 is 22.8 Å². The van der Waals surface area contributed by atoms with Gasteiger partial charge in [0.05, 0.1) is 0 Å². The van der Waals surface area contributed by atoms with Crippen molar-refractivity contribution in [1.29, 1.82) is 0 Å². The van der Waals surface area contributed by atoms with Crippen LogP contribution in [0.25, 0.3) is 6.08 Å². The number of carbonyl (C=O) groups is 3. The molecule has 0 radical (unpaired) electrons. The third-order valence-corrected chi connectivity index (χ3v) is 10.1. The number of rotatable bonds is 6. The zero-order valence-electron chi connectivity index (χ0n) is 21.9. The number of amidine groups is 1. The van der Waals surface area contributed by atoms with Gasteiger partial charge in [-0.05, 0) is 80.7 Å². The molecule has 3 aliphatic heterocycles. The number of sulfonamides is 1. The van der Waals surface area contributed by atoms with Gasteiger partial charge in [0.2, 0.25) is 15.9 Å². The van der Waals surface area contributed by atoms with E-state index in [9.17, 15) is 22.8 Å². The van der Waals surface area contributed by atoms with Crippen molar-refractivity contribution in [2.75, 3.05) is 24.5 Å². The molecule has 1 aliphatic carbocycles. The lowest BCUT2D eigenvalue weighted by molar-refractivity contribution is -0.125. The number of amides is 4. The molecule has 3 heterocycles. The first kappa shape index (κ1) is 26.6. The van der Waals surface area contributed by atoms with E-state index < -0.39 is 21.6 Å². The fourth-order valence-electron chi connectivity index (χ4n) is 5.94. The maximum atomic E-state index is 13.1. The molecule has 5 rings (SSSR count). The Bertz CT molecular complexity index is 1300. The van der Waals surface area contributed by atoms with Gasteiger partial charge in [0.1, 0.15) is 17.9 Å². The highest BCUT2D eigenvalue weighted by molar-refractivity contribution is 7.92. The Morgan fingerprint density at radius 3 is 2.39 bits per heavy atom. The van der Waals surface area contributed by atoms with Gasteiger partial charge < -0.3 is 5.32 Å². The van der Waals surface area contributed by atoms with Crippen LogP contribution in [0.1, 0.15) is 63.0 Å². The third kappa shape index (κ3) is 5.13. The lowest BCUT2D eigenvalue weighted by atomic mass is 9.80. The number of nitrogens with zero attached hydrogens (tertiary/aromatic N) is 3. The summed E-state index contributed by atoms with van der Waals surface area (Å²) >= 11 is 0. The average Bonchev–Trinajstić information content (AvgIpc) is 3.41. The number of urea groups is 1. The topological polar surface area (TPSA) is 128 Å². The summed E-state index contributed by atoms with van der Waals surface area (Å²) < 4.78 is 27.6. The van der Waals surface area contributed by atoms with Crippen molar-refractivity contribution in [3.05, 3.63) is 34.7 Å². The van der Waals surface area contributed by atoms with Gasteiger partial charge in [-0.1, -0.05) is 19.4 Å². The van der Waals surface area contributed by atoms with E-state index in [-0.39, 0.29) is 31.4 Å². The van der Waals surface area contributed by atoms with E-state index in [0.29, 0.717) is 30.0 Å². The second-order valence-electron chi connectivity index (χ2n) is 10.8. The Morgan fingerprint density at radius 1 is 1.08 bits per heavy atom. The van der Waals surface area contributed by atoms with Crippen molar-refractivity contribution in [1.82, 2.24) is 14.9 Å². The molecule has 1 aromatic rings. The average molecular weight is 542 g/mol. The summed E-state index contributed by atoms with van der Waals surface area (Å²) in [5, 5.41) is 6.46. The van der Waals surface area contributed by atoms with Crippen molar-refractivity contribution in [3.63, 3.8) is 0 Å². The van der Waals surface area contributed by atoms with Crippen molar-refractivity contribution in [2.24, 2.45) is 16.8 Å². The van der Waals surface area contributed by atoms with E-state index in [4.69, 9.17) is 4.99 Å². The minimum Gasteiger partial charge on any atom is -0.312 e. The molecule has 11 heteroatoms. The van der Waals surface area contributed by atoms with Crippen LogP contribution in [0.4, 0.5) is 10.5 Å². The van der Waals surface area contributed by atoms with E-state index in [1.54, 1.807) is 24.3 Å². The van der Waals surface area contributed by atoms with Crippen LogP contribution in [0, 0.1) is 18.8 Å². The first-order valence-electron chi connectivity index (χ1n) is 13.4. The molecule has 1 aromatic carbocycles. The fraction of sp³-hybridized carbons (Fsp3) is 0.556. The molecule has 0 bridgehead atoms. The molecular weight excluding hydrogens is 506 g/mol. The third-order valence-electron chi connectivity index (χ3n) is 8.50. The van der Waals surface area contributed by atoms with Gasteiger partial charge in [0.25, 0.3) is 5.91 Å². The van der Waals surface area contributed by atoms with Crippen LogP contribution in [0.15, 0.2) is 28.6 Å². The minimum atomic E-state index is -3.69.